The van der Waals surface area contributed by atoms with Gasteiger partial charge in [0.1, 0.15) is 17.7 Å². The van der Waals surface area contributed by atoms with Crippen LogP contribution in [0.1, 0.15) is 32.6 Å². The maximum atomic E-state index is 6.39. The SMILES string of the molecule is Cc1ccc([C@@H]2CONC(c3c(Sc4cccc(Cl)c4Cl)nnc(C)c3C)=N2)s1. The van der Waals surface area contributed by atoms with Crippen LogP contribution in [0.15, 0.2) is 45.2 Å². The first-order valence-corrected chi connectivity index (χ1v) is 11.3. The first-order valence-electron chi connectivity index (χ1n) is 8.92. The Morgan fingerprint density at radius 2 is 1.97 bits per heavy atom. The normalized spacial score (nSPS) is 16.4. The highest BCUT2D eigenvalue weighted by atomic mass is 35.5. The standard InChI is InChI=1S/C20H18Cl2N4OS2/c1-10-7-8-15(28-10)14-9-27-26-19(23-14)17-11(2)12(3)24-25-20(17)29-16-6-4-5-13(21)18(16)22/h4-8,14H,9H2,1-3H3,(H,23,26)/t14-/m0/s1. The van der Waals surface area contributed by atoms with Crippen LogP contribution in [-0.2, 0) is 4.84 Å². The zero-order valence-corrected chi connectivity index (χ0v) is 19.1. The number of amidine groups is 1. The van der Waals surface area contributed by atoms with Gasteiger partial charge in [-0.1, -0.05) is 41.0 Å². The van der Waals surface area contributed by atoms with Gasteiger partial charge in [-0.25, -0.2) is 5.48 Å². The van der Waals surface area contributed by atoms with Gasteiger partial charge in [0, 0.05) is 14.6 Å². The summed E-state index contributed by atoms with van der Waals surface area (Å²) in [4.78, 5) is 13.8. The van der Waals surface area contributed by atoms with Crippen molar-refractivity contribution in [3.63, 3.8) is 0 Å². The van der Waals surface area contributed by atoms with Gasteiger partial charge in [-0.05, 0) is 50.6 Å². The number of nitrogens with zero attached hydrogens (tertiary/aromatic N) is 3. The van der Waals surface area contributed by atoms with Gasteiger partial charge in [0.25, 0.3) is 0 Å². The molecule has 3 aromatic rings. The van der Waals surface area contributed by atoms with E-state index in [1.54, 1.807) is 17.4 Å². The summed E-state index contributed by atoms with van der Waals surface area (Å²) in [5, 5.41) is 10.4. The molecule has 1 aliphatic rings. The second-order valence-corrected chi connectivity index (χ2v) is 9.73. The molecule has 0 unspecified atom stereocenters. The van der Waals surface area contributed by atoms with Gasteiger partial charge in [-0.15, -0.1) is 16.4 Å². The fraction of sp³-hybridized carbons (Fsp3) is 0.250. The number of rotatable bonds is 4. The zero-order valence-electron chi connectivity index (χ0n) is 16.0. The number of aliphatic imine (C=N–C) groups is 1. The van der Waals surface area contributed by atoms with Crippen LogP contribution in [0.2, 0.25) is 10.0 Å². The Morgan fingerprint density at radius 1 is 1.14 bits per heavy atom. The second-order valence-electron chi connectivity index (χ2n) is 6.60. The van der Waals surface area contributed by atoms with Crippen LogP contribution in [0.3, 0.4) is 0 Å². The minimum atomic E-state index is -0.0644. The number of hydrogen-bond acceptors (Lipinski definition) is 7. The van der Waals surface area contributed by atoms with E-state index in [0.29, 0.717) is 27.5 Å². The van der Waals surface area contributed by atoms with Crippen molar-refractivity contribution in [2.45, 2.75) is 36.7 Å². The van der Waals surface area contributed by atoms with Crippen LogP contribution in [0, 0.1) is 20.8 Å². The predicted molar refractivity (Wildman–Crippen MR) is 120 cm³/mol. The van der Waals surface area contributed by atoms with E-state index in [9.17, 15) is 0 Å². The van der Waals surface area contributed by atoms with E-state index in [4.69, 9.17) is 33.0 Å². The third kappa shape index (κ3) is 4.29. The molecular weight excluding hydrogens is 447 g/mol. The van der Waals surface area contributed by atoms with Crippen molar-refractivity contribution >= 4 is 52.1 Å². The van der Waals surface area contributed by atoms with Crippen LogP contribution in [0.4, 0.5) is 0 Å². The molecule has 0 aliphatic carbocycles. The molecule has 0 saturated carbocycles. The Balaban J connectivity index is 1.77. The van der Waals surface area contributed by atoms with Gasteiger partial charge in [0.05, 0.1) is 21.3 Å². The van der Waals surface area contributed by atoms with Gasteiger partial charge in [0.2, 0.25) is 0 Å². The fourth-order valence-electron chi connectivity index (χ4n) is 2.91. The van der Waals surface area contributed by atoms with Crippen molar-refractivity contribution in [3.8, 4) is 0 Å². The van der Waals surface area contributed by atoms with Crippen molar-refractivity contribution in [2.75, 3.05) is 6.61 Å². The predicted octanol–water partition coefficient (Wildman–Crippen LogP) is 5.94. The second kappa shape index (κ2) is 8.62. The Bertz CT molecular complexity index is 1100. The number of aromatic nitrogens is 2. The van der Waals surface area contributed by atoms with E-state index in [-0.39, 0.29) is 6.04 Å². The highest BCUT2D eigenvalue weighted by molar-refractivity contribution is 7.99. The Kier molecular flexibility index (Phi) is 6.13. The molecule has 150 valence electrons. The highest BCUT2D eigenvalue weighted by Crippen LogP contribution is 2.38. The largest absolute Gasteiger partial charge is 0.272 e. The molecule has 0 saturated heterocycles. The molecular formula is C20H18Cl2N4OS2. The van der Waals surface area contributed by atoms with Gasteiger partial charge in [-0.3, -0.25) is 9.83 Å². The zero-order chi connectivity index (χ0) is 20.5. The molecule has 0 spiro atoms. The summed E-state index contributed by atoms with van der Waals surface area (Å²) in [7, 11) is 0. The lowest BCUT2D eigenvalue weighted by Gasteiger charge is -2.23. The maximum absolute atomic E-state index is 6.39. The monoisotopic (exact) mass is 464 g/mol. The van der Waals surface area contributed by atoms with Crippen molar-refractivity contribution in [3.05, 3.63) is 67.0 Å². The van der Waals surface area contributed by atoms with Crippen molar-refractivity contribution in [1.29, 1.82) is 0 Å². The molecule has 0 amide bonds. The smallest absolute Gasteiger partial charge is 0.156 e. The quantitative estimate of drug-likeness (QED) is 0.517. The van der Waals surface area contributed by atoms with Gasteiger partial charge >= 0.3 is 0 Å². The number of benzene rings is 1. The lowest BCUT2D eigenvalue weighted by atomic mass is 10.1. The van der Waals surface area contributed by atoms with E-state index in [1.807, 2.05) is 26.0 Å². The van der Waals surface area contributed by atoms with Crippen molar-refractivity contribution in [2.24, 2.45) is 4.99 Å². The van der Waals surface area contributed by atoms with Crippen LogP contribution in [0.5, 0.6) is 0 Å². The summed E-state index contributed by atoms with van der Waals surface area (Å²) < 4.78 is 0. The number of halogens is 2. The van der Waals surface area contributed by atoms with Gasteiger partial charge in [-0.2, -0.15) is 5.10 Å². The van der Waals surface area contributed by atoms with E-state index in [2.05, 4.69) is 34.7 Å². The minimum Gasteiger partial charge on any atom is -0.272 e. The number of hydroxylamine groups is 1. The first kappa shape index (κ1) is 20.6. The fourth-order valence-corrected chi connectivity index (χ4v) is 5.27. The third-order valence-electron chi connectivity index (χ3n) is 4.57. The lowest BCUT2D eigenvalue weighted by Crippen LogP contribution is -2.33. The van der Waals surface area contributed by atoms with Gasteiger partial charge < -0.3 is 0 Å². The molecule has 29 heavy (non-hydrogen) atoms. The number of hydrogen-bond donors (Lipinski definition) is 1. The molecule has 9 heteroatoms. The third-order valence-corrected chi connectivity index (χ3v) is 7.64. The lowest BCUT2D eigenvalue weighted by molar-refractivity contribution is 0.0627. The van der Waals surface area contributed by atoms with Crippen LogP contribution in [0.25, 0.3) is 0 Å². The Morgan fingerprint density at radius 3 is 2.72 bits per heavy atom. The summed E-state index contributed by atoms with van der Waals surface area (Å²) in [5.41, 5.74) is 5.65. The molecule has 2 aromatic heterocycles. The molecule has 1 aromatic carbocycles. The first-order chi connectivity index (χ1) is 13.9. The summed E-state index contributed by atoms with van der Waals surface area (Å²) >= 11 is 15.7. The molecule has 4 rings (SSSR count). The topological polar surface area (TPSA) is 59.4 Å². The van der Waals surface area contributed by atoms with E-state index >= 15 is 0 Å². The summed E-state index contributed by atoms with van der Waals surface area (Å²) in [5.74, 6) is 0.642. The molecule has 5 nitrogen and oxygen atoms in total. The van der Waals surface area contributed by atoms with E-state index < -0.39 is 0 Å². The molecule has 3 heterocycles. The Labute approximate surface area is 187 Å². The number of aryl methyl sites for hydroxylation is 2. The average Bonchev–Trinajstić information content (AvgIpc) is 3.15. The highest BCUT2D eigenvalue weighted by Gasteiger charge is 2.25. The van der Waals surface area contributed by atoms with E-state index in [1.165, 1.54) is 21.5 Å². The molecule has 1 N–H and O–H groups in total. The van der Waals surface area contributed by atoms with Gasteiger partial charge in [0.15, 0.2) is 5.84 Å². The molecule has 1 atom stereocenters. The number of nitrogens with one attached hydrogen (secondary N) is 1. The minimum absolute atomic E-state index is 0.0644. The molecule has 0 radical (unpaired) electrons. The summed E-state index contributed by atoms with van der Waals surface area (Å²) in [6.07, 6.45) is 0. The Hall–Kier alpha value is -1.64. The number of thiophene rings is 1. The summed E-state index contributed by atoms with van der Waals surface area (Å²) in [6, 6.07) is 9.66. The molecule has 0 fully saturated rings. The summed E-state index contributed by atoms with van der Waals surface area (Å²) in [6.45, 7) is 6.50. The van der Waals surface area contributed by atoms with Crippen molar-refractivity contribution < 1.29 is 4.84 Å². The van der Waals surface area contributed by atoms with Crippen molar-refractivity contribution in [1.82, 2.24) is 15.7 Å². The molecule has 0 bridgehead atoms. The molecule has 1 aliphatic heterocycles. The average molecular weight is 465 g/mol. The van der Waals surface area contributed by atoms with Crippen LogP contribution >= 0.6 is 46.3 Å². The maximum Gasteiger partial charge on any atom is 0.156 e. The van der Waals surface area contributed by atoms with Crippen LogP contribution < -0.4 is 5.48 Å². The van der Waals surface area contributed by atoms with E-state index in [0.717, 1.165) is 21.7 Å². The van der Waals surface area contributed by atoms with Crippen LogP contribution in [-0.4, -0.2) is 22.6 Å².